The summed E-state index contributed by atoms with van der Waals surface area (Å²) < 4.78 is 5.14. The van der Waals surface area contributed by atoms with Gasteiger partial charge in [-0.1, -0.05) is 37.1 Å². The Bertz CT molecular complexity index is 1140. The molecule has 1 amide bonds. The largest absolute Gasteiger partial charge is 0.480 e. The molecule has 9 heteroatoms. The Morgan fingerprint density at radius 1 is 1.15 bits per heavy atom. The minimum Gasteiger partial charge on any atom is -0.480 e. The van der Waals surface area contributed by atoms with Crippen LogP contribution in [0.15, 0.2) is 48.9 Å². The Balaban J connectivity index is 1.45. The van der Waals surface area contributed by atoms with Gasteiger partial charge in [-0.2, -0.15) is 0 Å². The molecule has 1 aliphatic carbocycles. The number of ether oxygens (including phenoxy) is 1. The van der Waals surface area contributed by atoms with Gasteiger partial charge in [0.15, 0.2) is 0 Å². The molecule has 2 aromatic heterocycles. The van der Waals surface area contributed by atoms with Crippen molar-refractivity contribution in [2.24, 2.45) is 0 Å². The Kier molecular flexibility index (Phi) is 6.77. The number of hydrogen-bond acceptors (Lipinski definition) is 8. The van der Waals surface area contributed by atoms with Crippen molar-refractivity contribution >= 4 is 23.3 Å². The quantitative estimate of drug-likeness (QED) is 0.391. The van der Waals surface area contributed by atoms with Crippen molar-refractivity contribution in [1.82, 2.24) is 20.3 Å². The number of rotatable bonds is 8. The van der Waals surface area contributed by atoms with Crippen molar-refractivity contribution in [3.63, 3.8) is 0 Å². The lowest BCUT2D eigenvalue weighted by Crippen LogP contribution is -2.23. The zero-order valence-electron chi connectivity index (χ0n) is 18.5. The van der Waals surface area contributed by atoms with Gasteiger partial charge < -0.3 is 21.1 Å². The molecule has 170 valence electrons. The Hall–Kier alpha value is -4.01. The van der Waals surface area contributed by atoms with Gasteiger partial charge in [0.25, 0.3) is 5.91 Å². The van der Waals surface area contributed by atoms with Crippen LogP contribution in [0.25, 0.3) is 0 Å². The van der Waals surface area contributed by atoms with E-state index in [1.54, 1.807) is 18.3 Å². The molecule has 2 heterocycles. The highest BCUT2D eigenvalue weighted by Gasteiger charge is 2.21. The molecule has 1 fully saturated rings. The Morgan fingerprint density at radius 2 is 1.91 bits per heavy atom. The lowest BCUT2D eigenvalue weighted by Gasteiger charge is -2.17. The molecule has 1 saturated carbocycles. The SMILES string of the molecule is COc1ncccc1C(=O)NCc1ccc(C(=N)c2c(N)ncnc2NC2CCCC2)cc1. The van der Waals surface area contributed by atoms with Crippen LogP contribution in [-0.2, 0) is 6.54 Å². The van der Waals surface area contributed by atoms with Gasteiger partial charge in [-0.25, -0.2) is 15.0 Å². The maximum atomic E-state index is 12.5. The highest BCUT2D eigenvalue weighted by molar-refractivity contribution is 6.16. The summed E-state index contributed by atoms with van der Waals surface area (Å²) in [7, 11) is 1.48. The summed E-state index contributed by atoms with van der Waals surface area (Å²) in [5.74, 6) is 0.885. The summed E-state index contributed by atoms with van der Waals surface area (Å²) in [4.78, 5) is 25.0. The highest BCUT2D eigenvalue weighted by atomic mass is 16.5. The second-order valence-corrected chi connectivity index (χ2v) is 7.92. The van der Waals surface area contributed by atoms with E-state index >= 15 is 0 Å². The van der Waals surface area contributed by atoms with Crippen LogP contribution in [0, 0.1) is 5.41 Å². The second-order valence-electron chi connectivity index (χ2n) is 7.92. The summed E-state index contributed by atoms with van der Waals surface area (Å²) in [5.41, 5.74) is 8.85. The third-order valence-electron chi connectivity index (χ3n) is 5.73. The van der Waals surface area contributed by atoms with Crippen LogP contribution < -0.4 is 21.1 Å². The third kappa shape index (κ3) is 5.08. The molecule has 5 N–H and O–H groups in total. The zero-order chi connectivity index (χ0) is 23.2. The molecule has 0 spiro atoms. The molecule has 4 rings (SSSR count). The fourth-order valence-electron chi connectivity index (χ4n) is 3.96. The van der Waals surface area contributed by atoms with Crippen LogP contribution in [-0.4, -0.2) is 39.7 Å². The summed E-state index contributed by atoms with van der Waals surface area (Å²) >= 11 is 0. The van der Waals surface area contributed by atoms with Crippen molar-refractivity contribution in [2.75, 3.05) is 18.2 Å². The Labute approximate surface area is 192 Å². The topological polar surface area (TPSA) is 139 Å². The molecular weight excluding hydrogens is 418 g/mol. The standard InChI is InChI=1S/C24H27N7O2/c1-33-24-18(7-4-12-27-24)23(32)28-13-15-8-10-16(11-9-15)20(25)19-21(26)29-14-30-22(19)31-17-5-2-3-6-17/h4,7-12,14,17,25H,2-3,5-6,13H2,1H3,(H,28,32)(H3,26,29,30,31). The molecular formula is C24H27N7O2. The number of nitrogen functional groups attached to an aromatic ring is 1. The first-order valence-corrected chi connectivity index (χ1v) is 10.9. The van der Waals surface area contributed by atoms with Crippen LogP contribution in [0.3, 0.4) is 0 Å². The molecule has 3 aromatic rings. The number of nitrogens with one attached hydrogen (secondary N) is 3. The molecule has 0 bridgehead atoms. The number of amides is 1. The van der Waals surface area contributed by atoms with Crippen LogP contribution >= 0.6 is 0 Å². The number of hydrogen-bond donors (Lipinski definition) is 4. The number of nitrogens with zero attached hydrogens (tertiary/aromatic N) is 3. The number of aromatic nitrogens is 3. The van der Waals surface area contributed by atoms with Crippen molar-refractivity contribution < 1.29 is 9.53 Å². The minimum absolute atomic E-state index is 0.254. The first-order valence-electron chi connectivity index (χ1n) is 10.9. The predicted molar refractivity (Wildman–Crippen MR) is 127 cm³/mol. The smallest absolute Gasteiger partial charge is 0.257 e. The van der Waals surface area contributed by atoms with Crippen LogP contribution in [0.4, 0.5) is 11.6 Å². The third-order valence-corrected chi connectivity index (χ3v) is 5.73. The number of nitrogens with two attached hydrogens (primary N) is 1. The van der Waals surface area contributed by atoms with Crippen LogP contribution in [0.1, 0.15) is 52.7 Å². The van der Waals surface area contributed by atoms with E-state index in [1.165, 1.54) is 26.3 Å². The highest BCUT2D eigenvalue weighted by Crippen LogP contribution is 2.26. The van der Waals surface area contributed by atoms with Gasteiger partial charge in [-0.05, 0) is 30.5 Å². The minimum atomic E-state index is -0.270. The van der Waals surface area contributed by atoms with E-state index in [4.69, 9.17) is 15.9 Å². The maximum Gasteiger partial charge on any atom is 0.257 e. The molecule has 0 saturated heterocycles. The van der Waals surface area contributed by atoms with E-state index < -0.39 is 0 Å². The van der Waals surface area contributed by atoms with Gasteiger partial charge in [0.1, 0.15) is 23.5 Å². The molecule has 0 unspecified atom stereocenters. The van der Waals surface area contributed by atoms with Gasteiger partial charge in [-0.15, -0.1) is 0 Å². The van der Waals surface area contributed by atoms with E-state index in [9.17, 15) is 4.79 Å². The Morgan fingerprint density at radius 3 is 2.64 bits per heavy atom. The van der Waals surface area contributed by atoms with E-state index in [-0.39, 0.29) is 23.3 Å². The van der Waals surface area contributed by atoms with Gasteiger partial charge in [0, 0.05) is 24.3 Å². The fourth-order valence-corrected chi connectivity index (χ4v) is 3.96. The van der Waals surface area contributed by atoms with E-state index in [1.807, 2.05) is 24.3 Å². The average Bonchev–Trinajstić information content (AvgIpc) is 3.35. The number of carbonyl (C=O) groups is 1. The van der Waals surface area contributed by atoms with Gasteiger partial charge >= 0.3 is 0 Å². The number of benzene rings is 1. The summed E-state index contributed by atoms with van der Waals surface area (Å²) in [6.07, 6.45) is 7.55. The first kappa shape index (κ1) is 22.2. The lowest BCUT2D eigenvalue weighted by molar-refractivity contribution is 0.0947. The van der Waals surface area contributed by atoms with Gasteiger partial charge in [0.2, 0.25) is 5.88 Å². The normalized spacial score (nSPS) is 13.5. The molecule has 0 atom stereocenters. The molecule has 1 aromatic carbocycles. The summed E-state index contributed by atoms with van der Waals surface area (Å²) in [6, 6.07) is 11.1. The summed E-state index contributed by atoms with van der Waals surface area (Å²) in [6.45, 7) is 0.329. The molecule has 0 radical (unpaired) electrons. The second kappa shape index (κ2) is 10.1. The number of pyridine rings is 1. The average molecular weight is 446 g/mol. The fraction of sp³-hybridized carbons (Fsp3) is 0.292. The van der Waals surface area contributed by atoms with Crippen LogP contribution in [0.5, 0.6) is 5.88 Å². The summed E-state index contributed by atoms with van der Waals surface area (Å²) in [5, 5.41) is 15.0. The molecule has 33 heavy (non-hydrogen) atoms. The van der Waals surface area contributed by atoms with Crippen LogP contribution in [0.2, 0.25) is 0 Å². The first-order chi connectivity index (χ1) is 16.1. The zero-order valence-corrected chi connectivity index (χ0v) is 18.5. The van der Waals surface area contributed by atoms with E-state index in [0.29, 0.717) is 35.1 Å². The molecule has 0 aliphatic heterocycles. The van der Waals surface area contributed by atoms with Crippen molar-refractivity contribution in [1.29, 1.82) is 5.41 Å². The number of carbonyl (C=O) groups excluding carboxylic acids is 1. The molecule has 9 nitrogen and oxygen atoms in total. The van der Waals surface area contributed by atoms with Crippen molar-refractivity contribution in [2.45, 2.75) is 38.3 Å². The van der Waals surface area contributed by atoms with E-state index in [0.717, 1.165) is 18.4 Å². The number of anilines is 2. The molecule has 1 aliphatic rings. The van der Waals surface area contributed by atoms with E-state index in [2.05, 4.69) is 25.6 Å². The van der Waals surface area contributed by atoms with Gasteiger partial charge in [-0.3, -0.25) is 10.2 Å². The lowest BCUT2D eigenvalue weighted by atomic mass is 10.0. The monoisotopic (exact) mass is 445 g/mol. The predicted octanol–water partition coefficient (Wildman–Crippen LogP) is 3.16. The van der Waals surface area contributed by atoms with Gasteiger partial charge in [0.05, 0.1) is 18.4 Å². The van der Waals surface area contributed by atoms with Crippen molar-refractivity contribution in [3.8, 4) is 5.88 Å². The number of methoxy groups -OCH3 is 1. The maximum absolute atomic E-state index is 12.5. The van der Waals surface area contributed by atoms with Crippen molar-refractivity contribution in [3.05, 3.63) is 71.2 Å².